The van der Waals surface area contributed by atoms with Crippen LogP contribution in [0.5, 0.6) is 0 Å². The minimum Gasteiger partial charge on any atom is -0.352 e. The standard InChI is InChI=1S/C18H22N6O/c1-12-7-13(2)21-17(16(12)8-19)23-5-6-24(14(3)10-23)18(25)15-9-20-22(4)11-15/h7,9,11,14H,5-6,10H2,1-4H3. The zero-order valence-corrected chi connectivity index (χ0v) is 15.0. The van der Waals surface area contributed by atoms with E-state index in [9.17, 15) is 10.1 Å². The van der Waals surface area contributed by atoms with Crippen molar-refractivity contribution < 1.29 is 4.79 Å². The number of nitrogens with zero attached hydrogens (tertiary/aromatic N) is 6. The van der Waals surface area contributed by atoms with E-state index < -0.39 is 0 Å². The van der Waals surface area contributed by atoms with Gasteiger partial charge < -0.3 is 9.80 Å². The van der Waals surface area contributed by atoms with Crippen LogP contribution in [0.1, 0.15) is 34.1 Å². The quantitative estimate of drug-likeness (QED) is 0.832. The fraction of sp³-hybridized carbons (Fsp3) is 0.444. The van der Waals surface area contributed by atoms with Crippen molar-refractivity contribution in [3.8, 4) is 6.07 Å². The lowest BCUT2D eigenvalue weighted by atomic mass is 10.1. The number of hydrogen-bond donors (Lipinski definition) is 0. The number of aryl methyl sites for hydroxylation is 3. The smallest absolute Gasteiger partial charge is 0.257 e. The molecule has 1 aliphatic rings. The molecule has 0 aromatic carbocycles. The van der Waals surface area contributed by atoms with E-state index in [2.05, 4.69) is 21.1 Å². The number of aromatic nitrogens is 3. The van der Waals surface area contributed by atoms with Crippen molar-refractivity contribution in [3.05, 3.63) is 40.8 Å². The van der Waals surface area contributed by atoms with Gasteiger partial charge in [-0.15, -0.1) is 0 Å². The highest BCUT2D eigenvalue weighted by Crippen LogP contribution is 2.25. The average molecular weight is 338 g/mol. The Balaban J connectivity index is 1.81. The first-order valence-electron chi connectivity index (χ1n) is 8.33. The van der Waals surface area contributed by atoms with Gasteiger partial charge in [-0.3, -0.25) is 9.48 Å². The second-order valence-electron chi connectivity index (χ2n) is 6.59. The predicted molar refractivity (Wildman–Crippen MR) is 94.3 cm³/mol. The van der Waals surface area contributed by atoms with Gasteiger partial charge in [-0.1, -0.05) is 0 Å². The third kappa shape index (κ3) is 3.20. The Kier molecular flexibility index (Phi) is 4.45. The highest BCUT2D eigenvalue weighted by Gasteiger charge is 2.30. The normalized spacial score (nSPS) is 17.5. The molecule has 1 atom stereocenters. The van der Waals surface area contributed by atoms with Crippen molar-refractivity contribution in [2.75, 3.05) is 24.5 Å². The topological polar surface area (TPSA) is 78.0 Å². The van der Waals surface area contributed by atoms with Crippen molar-refractivity contribution in [3.63, 3.8) is 0 Å². The molecule has 7 heteroatoms. The van der Waals surface area contributed by atoms with Crippen LogP contribution in [0.25, 0.3) is 0 Å². The summed E-state index contributed by atoms with van der Waals surface area (Å²) in [6, 6.07) is 4.22. The molecule has 25 heavy (non-hydrogen) atoms. The van der Waals surface area contributed by atoms with Crippen molar-refractivity contribution in [1.82, 2.24) is 19.7 Å². The number of rotatable bonds is 2. The maximum atomic E-state index is 12.7. The van der Waals surface area contributed by atoms with E-state index >= 15 is 0 Å². The molecule has 0 bridgehead atoms. The summed E-state index contributed by atoms with van der Waals surface area (Å²) in [6.07, 6.45) is 3.33. The zero-order chi connectivity index (χ0) is 18.1. The highest BCUT2D eigenvalue weighted by molar-refractivity contribution is 5.94. The van der Waals surface area contributed by atoms with Crippen molar-refractivity contribution in [2.45, 2.75) is 26.8 Å². The number of nitriles is 1. The van der Waals surface area contributed by atoms with Gasteiger partial charge in [0.1, 0.15) is 11.9 Å². The van der Waals surface area contributed by atoms with Crippen molar-refractivity contribution in [2.24, 2.45) is 7.05 Å². The number of carbonyl (C=O) groups excluding carboxylic acids is 1. The molecular formula is C18H22N6O. The first-order valence-corrected chi connectivity index (χ1v) is 8.33. The van der Waals surface area contributed by atoms with Gasteiger partial charge in [0, 0.05) is 44.6 Å². The first-order chi connectivity index (χ1) is 11.9. The van der Waals surface area contributed by atoms with Gasteiger partial charge in [0.15, 0.2) is 0 Å². The Bertz CT molecular complexity index is 850. The molecule has 1 fully saturated rings. The van der Waals surface area contributed by atoms with Gasteiger partial charge in [-0.05, 0) is 32.4 Å². The van der Waals surface area contributed by atoms with Crippen LogP contribution in [0.4, 0.5) is 5.82 Å². The van der Waals surface area contributed by atoms with Crippen LogP contribution in [0.2, 0.25) is 0 Å². The molecule has 2 aromatic rings. The van der Waals surface area contributed by atoms with Gasteiger partial charge in [-0.2, -0.15) is 10.4 Å². The number of pyridine rings is 1. The van der Waals surface area contributed by atoms with Gasteiger partial charge >= 0.3 is 0 Å². The van der Waals surface area contributed by atoms with Crippen LogP contribution < -0.4 is 4.90 Å². The number of amides is 1. The van der Waals surface area contributed by atoms with E-state index in [1.165, 1.54) is 0 Å². The molecule has 1 unspecified atom stereocenters. The lowest BCUT2D eigenvalue weighted by Crippen LogP contribution is -2.54. The molecule has 2 aromatic heterocycles. The third-order valence-electron chi connectivity index (χ3n) is 4.58. The van der Waals surface area contributed by atoms with Gasteiger partial charge in [-0.25, -0.2) is 4.98 Å². The second-order valence-corrected chi connectivity index (χ2v) is 6.59. The van der Waals surface area contributed by atoms with E-state index in [1.54, 1.807) is 24.1 Å². The fourth-order valence-electron chi connectivity index (χ4n) is 3.33. The van der Waals surface area contributed by atoms with Crippen molar-refractivity contribution >= 4 is 11.7 Å². The summed E-state index contributed by atoms with van der Waals surface area (Å²) in [7, 11) is 1.80. The third-order valence-corrected chi connectivity index (χ3v) is 4.58. The van der Waals surface area contributed by atoms with Crippen LogP contribution in [-0.4, -0.2) is 51.2 Å². The maximum absolute atomic E-state index is 12.7. The minimum absolute atomic E-state index is 0.00543. The van der Waals surface area contributed by atoms with Crippen LogP contribution in [0.3, 0.4) is 0 Å². The lowest BCUT2D eigenvalue weighted by molar-refractivity contribution is 0.0673. The first kappa shape index (κ1) is 17.0. The summed E-state index contributed by atoms with van der Waals surface area (Å²) in [4.78, 5) is 21.2. The fourth-order valence-corrected chi connectivity index (χ4v) is 3.33. The Hall–Kier alpha value is -2.88. The maximum Gasteiger partial charge on any atom is 0.257 e. The number of anilines is 1. The minimum atomic E-state index is -0.00543. The monoisotopic (exact) mass is 338 g/mol. The molecule has 130 valence electrons. The predicted octanol–water partition coefficient (Wildman–Crippen LogP) is 1.65. The Morgan fingerprint density at radius 1 is 1.36 bits per heavy atom. The Morgan fingerprint density at radius 2 is 2.12 bits per heavy atom. The van der Waals surface area contributed by atoms with Crippen molar-refractivity contribution in [1.29, 1.82) is 5.26 Å². The summed E-state index contributed by atoms with van der Waals surface area (Å²) in [5, 5.41) is 13.6. The summed E-state index contributed by atoms with van der Waals surface area (Å²) in [6.45, 7) is 7.78. The van der Waals surface area contributed by atoms with E-state index in [4.69, 9.17) is 0 Å². The number of carbonyl (C=O) groups is 1. The molecule has 0 radical (unpaired) electrons. The molecule has 0 saturated carbocycles. The Labute approximate surface area is 147 Å². The molecule has 1 saturated heterocycles. The molecule has 0 spiro atoms. The van der Waals surface area contributed by atoms with Crippen LogP contribution in [0, 0.1) is 25.2 Å². The summed E-state index contributed by atoms with van der Waals surface area (Å²) in [5.74, 6) is 0.717. The van der Waals surface area contributed by atoms with Gasteiger partial charge in [0.25, 0.3) is 5.91 Å². The van der Waals surface area contributed by atoms with Gasteiger partial charge in [0.05, 0.1) is 17.3 Å². The lowest BCUT2D eigenvalue weighted by Gasteiger charge is -2.40. The highest BCUT2D eigenvalue weighted by atomic mass is 16.2. The van der Waals surface area contributed by atoms with E-state index in [0.717, 1.165) is 17.1 Å². The number of hydrogen-bond acceptors (Lipinski definition) is 5. The van der Waals surface area contributed by atoms with E-state index in [0.29, 0.717) is 30.8 Å². The zero-order valence-electron chi connectivity index (χ0n) is 15.0. The summed E-state index contributed by atoms with van der Waals surface area (Å²) >= 11 is 0. The summed E-state index contributed by atoms with van der Waals surface area (Å²) in [5.41, 5.74) is 3.05. The molecule has 3 heterocycles. The van der Waals surface area contributed by atoms with E-state index in [-0.39, 0.29) is 11.9 Å². The molecule has 7 nitrogen and oxygen atoms in total. The largest absolute Gasteiger partial charge is 0.352 e. The number of piperazine rings is 1. The molecule has 0 aliphatic carbocycles. The molecule has 1 amide bonds. The van der Waals surface area contributed by atoms with Crippen LogP contribution in [0.15, 0.2) is 18.5 Å². The second kappa shape index (κ2) is 6.55. The molecule has 3 rings (SSSR count). The Morgan fingerprint density at radius 3 is 2.72 bits per heavy atom. The SMILES string of the molecule is Cc1cc(C)c(C#N)c(N2CCN(C(=O)c3cnn(C)c3)C(C)C2)n1. The molecular weight excluding hydrogens is 316 g/mol. The van der Waals surface area contributed by atoms with Gasteiger partial charge in [0.2, 0.25) is 0 Å². The van der Waals surface area contributed by atoms with Crippen LogP contribution in [-0.2, 0) is 7.05 Å². The van der Waals surface area contributed by atoms with E-state index in [1.807, 2.05) is 31.7 Å². The average Bonchev–Trinajstić information content (AvgIpc) is 3.00. The summed E-state index contributed by atoms with van der Waals surface area (Å²) < 4.78 is 1.63. The molecule has 0 N–H and O–H groups in total. The van der Waals surface area contributed by atoms with Crippen LogP contribution >= 0.6 is 0 Å². The molecule has 1 aliphatic heterocycles.